The highest BCUT2D eigenvalue weighted by Gasteiger charge is 2.48. The van der Waals surface area contributed by atoms with Crippen LogP contribution in [0.1, 0.15) is 22.7 Å². The summed E-state index contributed by atoms with van der Waals surface area (Å²) in [6.45, 7) is 1.84. The van der Waals surface area contributed by atoms with Crippen LogP contribution in [0.4, 0.5) is 11.4 Å². The molecule has 168 valence electrons. The van der Waals surface area contributed by atoms with Gasteiger partial charge in [-0.2, -0.15) is 0 Å². The maximum absolute atomic E-state index is 13.3. The number of nitro groups is 1. The molecule has 8 nitrogen and oxygen atoms in total. The molecule has 0 bridgehead atoms. The van der Waals surface area contributed by atoms with Crippen LogP contribution in [0.15, 0.2) is 84.6 Å². The number of anilines is 1. The lowest BCUT2D eigenvalue weighted by molar-refractivity contribution is -0.384. The molecular formula is C26H19N3O5. The molecule has 2 heterocycles. The summed E-state index contributed by atoms with van der Waals surface area (Å²) in [4.78, 5) is 41.7. The summed E-state index contributed by atoms with van der Waals surface area (Å²) in [6, 6.07) is 19.0. The van der Waals surface area contributed by atoms with E-state index in [1.807, 2.05) is 43.3 Å². The van der Waals surface area contributed by atoms with Gasteiger partial charge < -0.3 is 10.1 Å². The number of nitrogens with zero attached hydrogens (tertiary/aromatic N) is 2. The topological polar surface area (TPSA) is 117 Å². The molecule has 4 aromatic rings. The zero-order valence-electron chi connectivity index (χ0n) is 18.1. The molecule has 1 aliphatic rings. The first-order valence-corrected chi connectivity index (χ1v) is 10.6. The van der Waals surface area contributed by atoms with Crippen LogP contribution in [0, 0.1) is 17.0 Å². The van der Waals surface area contributed by atoms with E-state index in [0.29, 0.717) is 11.3 Å². The summed E-state index contributed by atoms with van der Waals surface area (Å²) < 4.78 is 0. The third kappa shape index (κ3) is 3.24. The highest BCUT2D eigenvalue weighted by Crippen LogP contribution is 2.45. The molecule has 1 amide bonds. The van der Waals surface area contributed by atoms with Gasteiger partial charge in [-0.15, -0.1) is 0 Å². The molecule has 1 unspecified atom stereocenters. The lowest BCUT2D eigenvalue weighted by atomic mass is 9.94. The molecule has 1 fully saturated rings. The molecule has 5 rings (SSSR count). The van der Waals surface area contributed by atoms with Crippen molar-refractivity contribution in [1.82, 2.24) is 4.98 Å². The van der Waals surface area contributed by atoms with Gasteiger partial charge in [0.05, 0.1) is 16.5 Å². The van der Waals surface area contributed by atoms with Crippen molar-refractivity contribution in [2.75, 3.05) is 4.90 Å². The van der Waals surface area contributed by atoms with Crippen LogP contribution in [0.5, 0.6) is 0 Å². The number of aliphatic hydroxyl groups excluding tert-OH is 1. The van der Waals surface area contributed by atoms with E-state index in [-0.39, 0.29) is 22.6 Å². The smallest absolute Gasteiger partial charge is 0.300 e. The summed E-state index contributed by atoms with van der Waals surface area (Å²) >= 11 is 0. The lowest BCUT2D eigenvalue weighted by Gasteiger charge is -2.26. The van der Waals surface area contributed by atoms with Gasteiger partial charge in [0.2, 0.25) is 0 Å². The number of aromatic amines is 1. The van der Waals surface area contributed by atoms with E-state index in [9.17, 15) is 24.8 Å². The number of nitrogens with one attached hydrogen (secondary N) is 1. The SMILES string of the molecule is Cc1ccccc1N1C(=O)C(=O)/C(=C(/O)c2ccc([N+](=O)[O-])cc2)C1c1c[nH]c2ccccc12. The highest BCUT2D eigenvalue weighted by molar-refractivity contribution is 6.52. The molecule has 0 aliphatic carbocycles. The number of aliphatic hydroxyl groups is 1. The van der Waals surface area contributed by atoms with Gasteiger partial charge in [-0.3, -0.25) is 24.6 Å². The first-order chi connectivity index (χ1) is 16.4. The summed E-state index contributed by atoms with van der Waals surface area (Å²) in [5.74, 6) is -1.97. The van der Waals surface area contributed by atoms with Gasteiger partial charge >= 0.3 is 0 Å². The quantitative estimate of drug-likeness (QED) is 0.148. The molecule has 8 heteroatoms. The monoisotopic (exact) mass is 453 g/mol. The van der Waals surface area contributed by atoms with Gasteiger partial charge in [-0.1, -0.05) is 36.4 Å². The Balaban J connectivity index is 1.76. The van der Waals surface area contributed by atoms with Crippen molar-refractivity contribution in [2.24, 2.45) is 0 Å². The van der Waals surface area contributed by atoms with E-state index in [1.165, 1.54) is 29.2 Å². The second-order valence-electron chi connectivity index (χ2n) is 8.05. The molecule has 1 aliphatic heterocycles. The fourth-order valence-corrected chi connectivity index (χ4v) is 4.43. The minimum absolute atomic E-state index is 0.0770. The molecule has 34 heavy (non-hydrogen) atoms. The summed E-state index contributed by atoms with van der Waals surface area (Å²) in [5.41, 5.74) is 2.81. The molecule has 0 saturated carbocycles. The second kappa shape index (κ2) is 8.00. The Morgan fingerprint density at radius 1 is 1.00 bits per heavy atom. The number of aromatic nitrogens is 1. The van der Waals surface area contributed by atoms with Gasteiger partial charge in [0.15, 0.2) is 0 Å². The standard InChI is InChI=1S/C26H19N3O5/c1-15-6-2-5-9-21(15)28-23(19-14-27-20-8-4-3-7-18(19)20)22(25(31)26(28)32)24(30)16-10-12-17(13-11-16)29(33)34/h2-14,23,27,30H,1H3/b24-22+. The molecule has 1 saturated heterocycles. The molecule has 1 atom stereocenters. The summed E-state index contributed by atoms with van der Waals surface area (Å²) in [7, 11) is 0. The van der Waals surface area contributed by atoms with Crippen LogP contribution in [-0.4, -0.2) is 26.7 Å². The van der Waals surface area contributed by atoms with Gasteiger partial charge in [-0.25, -0.2) is 0 Å². The minimum Gasteiger partial charge on any atom is -0.507 e. The maximum Gasteiger partial charge on any atom is 0.300 e. The van der Waals surface area contributed by atoms with Crippen LogP contribution in [-0.2, 0) is 9.59 Å². The van der Waals surface area contributed by atoms with Crippen LogP contribution < -0.4 is 4.90 Å². The predicted molar refractivity (Wildman–Crippen MR) is 127 cm³/mol. The van der Waals surface area contributed by atoms with Crippen LogP contribution in [0.25, 0.3) is 16.7 Å². The highest BCUT2D eigenvalue weighted by atomic mass is 16.6. The van der Waals surface area contributed by atoms with Crippen molar-refractivity contribution in [3.05, 3.63) is 111 Å². The Kier molecular flexibility index (Phi) is 4.98. The summed E-state index contributed by atoms with van der Waals surface area (Å²) in [6.07, 6.45) is 1.73. The number of carbonyl (C=O) groups excluding carboxylic acids is 2. The van der Waals surface area contributed by atoms with Crippen molar-refractivity contribution >= 4 is 39.7 Å². The van der Waals surface area contributed by atoms with Crippen molar-refractivity contribution in [2.45, 2.75) is 13.0 Å². The predicted octanol–water partition coefficient (Wildman–Crippen LogP) is 5.01. The van der Waals surface area contributed by atoms with Crippen LogP contribution in [0.3, 0.4) is 0 Å². The fraction of sp³-hybridized carbons (Fsp3) is 0.0769. The van der Waals surface area contributed by atoms with Gasteiger partial charge in [0, 0.05) is 46.0 Å². The third-order valence-corrected chi connectivity index (χ3v) is 6.09. The van der Waals surface area contributed by atoms with Gasteiger partial charge in [0.25, 0.3) is 17.4 Å². The number of carbonyl (C=O) groups is 2. The molecule has 3 aromatic carbocycles. The number of hydrogen-bond acceptors (Lipinski definition) is 5. The van der Waals surface area contributed by atoms with E-state index >= 15 is 0 Å². The number of aryl methyl sites for hydroxylation is 1. The number of rotatable bonds is 4. The normalized spacial score (nSPS) is 17.4. The average molecular weight is 453 g/mol. The first kappa shape index (κ1) is 21.1. The molecular weight excluding hydrogens is 434 g/mol. The van der Waals surface area contributed by atoms with E-state index < -0.39 is 22.7 Å². The number of para-hydroxylation sites is 2. The van der Waals surface area contributed by atoms with E-state index in [0.717, 1.165) is 16.5 Å². The van der Waals surface area contributed by atoms with Crippen LogP contribution >= 0.6 is 0 Å². The first-order valence-electron chi connectivity index (χ1n) is 10.6. The lowest BCUT2D eigenvalue weighted by Crippen LogP contribution is -2.30. The zero-order chi connectivity index (χ0) is 24.0. The number of amides is 1. The van der Waals surface area contributed by atoms with Gasteiger partial charge in [-0.05, 0) is 36.8 Å². The number of non-ortho nitro benzene ring substituents is 1. The summed E-state index contributed by atoms with van der Waals surface area (Å²) in [5, 5.41) is 23.0. The fourth-order valence-electron chi connectivity index (χ4n) is 4.43. The number of ketones is 1. The van der Waals surface area contributed by atoms with E-state index in [2.05, 4.69) is 4.98 Å². The van der Waals surface area contributed by atoms with Crippen molar-refractivity contribution in [1.29, 1.82) is 0 Å². The number of benzene rings is 3. The maximum atomic E-state index is 13.3. The Morgan fingerprint density at radius 2 is 1.68 bits per heavy atom. The van der Waals surface area contributed by atoms with E-state index in [1.54, 1.807) is 18.3 Å². The van der Waals surface area contributed by atoms with E-state index in [4.69, 9.17) is 0 Å². The zero-order valence-corrected chi connectivity index (χ0v) is 18.1. The Hall–Kier alpha value is -4.72. The molecule has 2 N–H and O–H groups in total. The number of hydrogen-bond donors (Lipinski definition) is 2. The molecule has 0 radical (unpaired) electrons. The Labute approximate surface area is 193 Å². The van der Waals surface area contributed by atoms with Gasteiger partial charge in [0.1, 0.15) is 5.76 Å². The second-order valence-corrected chi connectivity index (χ2v) is 8.05. The number of H-pyrrole nitrogens is 1. The molecule has 1 aromatic heterocycles. The van der Waals surface area contributed by atoms with Crippen molar-refractivity contribution in [3.63, 3.8) is 0 Å². The molecule has 0 spiro atoms. The van der Waals surface area contributed by atoms with Crippen LogP contribution in [0.2, 0.25) is 0 Å². The number of nitro benzene ring substituents is 1. The largest absolute Gasteiger partial charge is 0.507 e. The third-order valence-electron chi connectivity index (χ3n) is 6.09. The average Bonchev–Trinajstić information content (AvgIpc) is 3.38. The Bertz CT molecular complexity index is 1500. The minimum atomic E-state index is -0.896. The Morgan fingerprint density at radius 3 is 2.38 bits per heavy atom. The van der Waals surface area contributed by atoms with Crippen molar-refractivity contribution < 1.29 is 19.6 Å². The van der Waals surface area contributed by atoms with Crippen molar-refractivity contribution in [3.8, 4) is 0 Å². The number of Topliss-reactive ketones (excluding diaryl/α,β-unsaturated/α-hetero) is 1. The number of fused-ring (bicyclic) bond motifs is 1.